The van der Waals surface area contributed by atoms with E-state index in [0.717, 1.165) is 4.57 Å². The van der Waals surface area contributed by atoms with Crippen LogP contribution in [0.4, 0.5) is 15.9 Å². The zero-order chi connectivity index (χ0) is 21.1. The number of aryl methyl sites for hydroxylation is 1. The topological polar surface area (TPSA) is 82.3 Å². The van der Waals surface area contributed by atoms with E-state index in [-0.39, 0.29) is 23.8 Å². The number of rotatable bonds is 5. The Morgan fingerprint density at radius 3 is 2.45 bits per heavy atom. The maximum absolute atomic E-state index is 14.4. The summed E-state index contributed by atoms with van der Waals surface area (Å²) in [5.74, 6) is -1.41. The second-order valence-electron chi connectivity index (χ2n) is 6.43. The molecule has 29 heavy (non-hydrogen) atoms. The second kappa shape index (κ2) is 8.14. The van der Waals surface area contributed by atoms with Crippen molar-refractivity contribution in [2.24, 2.45) is 7.05 Å². The lowest BCUT2D eigenvalue weighted by molar-refractivity contribution is 0.0732. The van der Waals surface area contributed by atoms with Gasteiger partial charge in [-0.2, -0.15) is 0 Å². The molecule has 0 fully saturated rings. The third kappa shape index (κ3) is 3.96. The van der Waals surface area contributed by atoms with Crippen LogP contribution in [-0.4, -0.2) is 15.1 Å². The highest BCUT2D eigenvalue weighted by Gasteiger charge is 2.25. The Morgan fingerprint density at radius 1 is 1.14 bits per heavy atom. The Hall–Kier alpha value is -3.68. The number of hydrogen-bond donors (Lipinski definition) is 1. The Morgan fingerprint density at radius 2 is 1.83 bits per heavy atom. The second-order valence-corrected chi connectivity index (χ2v) is 6.43. The number of nitrogens with one attached hydrogen (secondary N) is 1. The van der Waals surface area contributed by atoms with Gasteiger partial charge in [-0.15, -0.1) is 0 Å². The quantitative estimate of drug-likeness (QED) is 0.529. The number of carbonyl (C=O) groups excluding carboxylic acids is 1. The van der Waals surface area contributed by atoms with Crippen LogP contribution in [0.1, 0.15) is 22.8 Å². The standard InChI is InChI=1S/C21H20FN3O4/c1-4-25-18(23-16-11-10-13(2)12-15(16)22)17(19(26)24(3)21(25)28)20(27)29-14-8-6-5-7-9-14/h5-12,23H,4H2,1-3H3. The molecule has 150 valence electrons. The summed E-state index contributed by atoms with van der Waals surface area (Å²) in [6, 6.07) is 12.7. The molecule has 3 aromatic rings. The highest BCUT2D eigenvalue weighted by molar-refractivity contribution is 5.96. The summed E-state index contributed by atoms with van der Waals surface area (Å²) in [5.41, 5.74) is -1.13. The third-order valence-corrected chi connectivity index (χ3v) is 4.39. The van der Waals surface area contributed by atoms with Crippen LogP contribution in [0.2, 0.25) is 0 Å². The van der Waals surface area contributed by atoms with E-state index in [1.54, 1.807) is 50.2 Å². The normalized spacial score (nSPS) is 10.6. The van der Waals surface area contributed by atoms with Crippen LogP contribution in [0.15, 0.2) is 58.1 Å². The summed E-state index contributed by atoms with van der Waals surface area (Å²) in [4.78, 5) is 38.1. The van der Waals surface area contributed by atoms with E-state index >= 15 is 0 Å². The van der Waals surface area contributed by atoms with E-state index in [0.29, 0.717) is 5.56 Å². The first-order valence-electron chi connectivity index (χ1n) is 8.97. The molecule has 0 amide bonds. The average molecular weight is 397 g/mol. The van der Waals surface area contributed by atoms with Gasteiger partial charge in [0.15, 0.2) is 5.56 Å². The lowest BCUT2D eigenvalue weighted by Crippen LogP contribution is -2.42. The van der Waals surface area contributed by atoms with Gasteiger partial charge in [0.2, 0.25) is 0 Å². The number of ether oxygens (including phenoxy) is 1. The first-order chi connectivity index (χ1) is 13.8. The molecule has 1 N–H and O–H groups in total. The number of anilines is 2. The van der Waals surface area contributed by atoms with Gasteiger partial charge in [0.1, 0.15) is 17.4 Å². The minimum atomic E-state index is -0.950. The SMILES string of the molecule is CCn1c(Nc2ccc(C)cc2F)c(C(=O)Oc2ccccc2)c(=O)n(C)c1=O. The Bertz CT molecular complexity index is 1180. The molecule has 0 bridgehead atoms. The molecule has 0 aliphatic carbocycles. The van der Waals surface area contributed by atoms with Gasteiger partial charge in [0.25, 0.3) is 5.56 Å². The fourth-order valence-corrected chi connectivity index (χ4v) is 2.87. The molecule has 0 saturated carbocycles. The minimum Gasteiger partial charge on any atom is -0.423 e. The van der Waals surface area contributed by atoms with Gasteiger partial charge in [0.05, 0.1) is 5.69 Å². The summed E-state index contributed by atoms with van der Waals surface area (Å²) >= 11 is 0. The van der Waals surface area contributed by atoms with Crippen LogP contribution >= 0.6 is 0 Å². The molecule has 8 heteroatoms. The molecule has 0 atom stereocenters. The van der Waals surface area contributed by atoms with Crippen LogP contribution in [0, 0.1) is 12.7 Å². The number of halogens is 1. The van der Waals surface area contributed by atoms with Crippen LogP contribution in [0.5, 0.6) is 5.75 Å². The summed E-state index contributed by atoms with van der Waals surface area (Å²) in [5, 5.41) is 2.74. The van der Waals surface area contributed by atoms with Gasteiger partial charge in [-0.05, 0) is 43.7 Å². The molecule has 0 spiro atoms. The van der Waals surface area contributed by atoms with Crippen molar-refractivity contribution in [2.75, 3.05) is 5.32 Å². The molecule has 0 aliphatic heterocycles. The van der Waals surface area contributed by atoms with Crippen molar-refractivity contribution in [3.8, 4) is 5.75 Å². The fraction of sp³-hybridized carbons (Fsp3) is 0.190. The van der Waals surface area contributed by atoms with Crippen molar-refractivity contribution in [1.29, 1.82) is 0 Å². The molecule has 1 aromatic heterocycles. The van der Waals surface area contributed by atoms with Crippen molar-refractivity contribution in [1.82, 2.24) is 9.13 Å². The van der Waals surface area contributed by atoms with Gasteiger partial charge in [0, 0.05) is 13.6 Å². The molecule has 0 saturated heterocycles. The zero-order valence-electron chi connectivity index (χ0n) is 16.2. The fourth-order valence-electron chi connectivity index (χ4n) is 2.87. The van der Waals surface area contributed by atoms with Gasteiger partial charge in [-0.3, -0.25) is 13.9 Å². The molecule has 2 aromatic carbocycles. The van der Waals surface area contributed by atoms with E-state index in [4.69, 9.17) is 4.74 Å². The largest absolute Gasteiger partial charge is 0.423 e. The van der Waals surface area contributed by atoms with Crippen LogP contribution < -0.4 is 21.3 Å². The van der Waals surface area contributed by atoms with E-state index in [9.17, 15) is 18.8 Å². The Balaban J connectivity index is 2.18. The number of carbonyl (C=O) groups is 1. The number of nitrogens with zero attached hydrogens (tertiary/aromatic N) is 2. The Labute approximate surface area is 166 Å². The predicted octanol–water partition coefficient (Wildman–Crippen LogP) is 2.98. The molecule has 1 heterocycles. The molecular weight excluding hydrogens is 377 g/mol. The number of para-hydroxylation sites is 1. The average Bonchev–Trinajstić information content (AvgIpc) is 2.69. The molecule has 0 unspecified atom stereocenters. The molecular formula is C21H20FN3O4. The maximum atomic E-state index is 14.4. The van der Waals surface area contributed by atoms with Gasteiger partial charge in [-0.25, -0.2) is 14.0 Å². The van der Waals surface area contributed by atoms with Crippen LogP contribution in [0.3, 0.4) is 0 Å². The summed E-state index contributed by atoms with van der Waals surface area (Å²) in [7, 11) is 1.27. The van der Waals surface area contributed by atoms with Crippen molar-refractivity contribution >= 4 is 17.5 Å². The van der Waals surface area contributed by atoms with Crippen LogP contribution in [0.25, 0.3) is 0 Å². The van der Waals surface area contributed by atoms with E-state index in [2.05, 4.69) is 5.32 Å². The smallest absolute Gasteiger partial charge is 0.352 e. The first-order valence-corrected chi connectivity index (χ1v) is 8.97. The monoisotopic (exact) mass is 397 g/mol. The molecule has 3 rings (SSSR count). The van der Waals surface area contributed by atoms with Gasteiger partial charge < -0.3 is 10.1 Å². The lowest BCUT2D eigenvalue weighted by atomic mass is 10.2. The Kier molecular flexibility index (Phi) is 5.63. The first kappa shape index (κ1) is 20.1. The minimum absolute atomic E-state index is 0.0271. The van der Waals surface area contributed by atoms with E-state index in [1.807, 2.05) is 0 Å². The summed E-state index contributed by atoms with van der Waals surface area (Å²) < 4.78 is 21.7. The molecule has 0 aliphatic rings. The number of esters is 1. The highest BCUT2D eigenvalue weighted by atomic mass is 19.1. The van der Waals surface area contributed by atoms with E-state index < -0.39 is 28.6 Å². The number of benzene rings is 2. The maximum Gasteiger partial charge on any atom is 0.352 e. The van der Waals surface area contributed by atoms with Crippen molar-refractivity contribution in [3.63, 3.8) is 0 Å². The predicted molar refractivity (Wildman–Crippen MR) is 107 cm³/mol. The molecule has 0 radical (unpaired) electrons. The van der Waals surface area contributed by atoms with Gasteiger partial charge in [-0.1, -0.05) is 24.3 Å². The zero-order valence-corrected chi connectivity index (χ0v) is 16.2. The van der Waals surface area contributed by atoms with Crippen molar-refractivity contribution in [2.45, 2.75) is 20.4 Å². The van der Waals surface area contributed by atoms with Crippen molar-refractivity contribution in [3.05, 3.63) is 86.3 Å². The number of aromatic nitrogens is 2. The van der Waals surface area contributed by atoms with E-state index in [1.165, 1.54) is 23.7 Å². The summed E-state index contributed by atoms with van der Waals surface area (Å²) in [6.45, 7) is 3.55. The third-order valence-electron chi connectivity index (χ3n) is 4.39. The van der Waals surface area contributed by atoms with Crippen molar-refractivity contribution < 1.29 is 13.9 Å². The number of hydrogen-bond acceptors (Lipinski definition) is 5. The summed E-state index contributed by atoms with van der Waals surface area (Å²) in [6.07, 6.45) is 0. The van der Waals surface area contributed by atoms with Gasteiger partial charge >= 0.3 is 11.7 Å². The highest BCUT2D eigenvalue weighted by Crippen LogP contribution is 2.23. The molecule has 7 nitrogen and oxygen atoms in total. The van der Waals surface area contributed by atoms with Crippen LogP contribution in [-0.2, 0) is 13.6 Å². The lowest BCUT2D eigenvalue weighted by Gasteiger charge is -2.18.